The Morgan fingerprint density at radius 1 is 1.05 bits per heavy atom. The Kier molecular flexibility index (Phi) is 5.32. The van der Waals surface area contributed by atoms with Crippen molar-refractivity contribution < 1.29 is 4.79 Å². The molecule has 0 fully saturated rings. The van der Waals surface area contributed by atoms with Gasteiger partial charge in [-0.3, -0.25) is 9.78 Å². The third kappa shape index (κ3) is 3.60. The zero-order valence-corrected chi connectivity index (χ0v) is 12.5. The van der Waals surface area contributed by atoms with Crippen LogP contribution in [-0.4, -0.2) is 40.3 Å². The highest BCUT2D eigenvalue weighted by Crippen LogP contribution is 2.12. The number of carbonyl (C=O) groups is 1. The Balaban J connectivity index is 0.000000154. The summed E-state index contributed by atoms with van der Waals surface area (Å²) in [7, 11) is 0. The van der Waals surface area contributed by atoms with Gasteiger partial charge in [0.2, 0.25) is 0 Å². The molecule has 0 spiro atoms. The first kappa shape index (κ1) is 15.0. The van der Waals surface area contributed by atoms with E-state index in [-0.39, 0.29) is 6.17 Å². The average Bonchev–Trinajstić information content (AvgIpc) is 2.97. The van der Waals surface area contributed by atoms with Gasteiger partial charge in [-0.2, -0.15) is 0 Å². The maximum atomic E-state index is 10.6. The number of fused-ring (bicyclic) bond motifs is 1. The van der Waals surface area contributed by atoms with Crippen molar-refractivity contribution >= 4 is 17.2 Å². The van der Waals surface area contributed by atoms with Crippen LogP contribution in [0.25, 0.3) is 10.9 Å². The van der Waals surface area contributed by atoms with E-state index >= 15 is 0 Å². The minimum atomic E-state index is -0.0648. The third-order valence-corrected chi connectivity index (χ3v) is 3.49. The number of hydrogen-bond donors (Lipinski definition) is 0. The molecule has 0 aliphatic carbocycles. The highest BCUT2D eigenvalue weighted by molar-refractivity contribution is 5.77. The smallest absolute Gasteiger partial charge is 0.162 e. The molecule has 4 heteroatoms. The second-order valence-corrected chi connectivity index (χ2v) is 4.70. The minimum Gasteiger partial charge on any atom is -0.350 e. The van der Waals surface area contributed by atoms with Gasteiger partial charge in [-0.05, 0) is 26.0 Å². The van der Waals surface area contributed by atoms with E-state index in [0.29, 0.717) is 0 Å². The van der Waals surface area contributed by atoms with E-state index in [2.05, 4.69) is 17.1 Å². The molecular weight excluding hydrogens is 262 g/mol. The monoisotopic (exact) mass is 283 g/mol. The fraction of sp³-hybridized carbons (Fsp3) is 0.294. The first-order valence-electron chi connectivity index (χ1n) is 7.25. The van der Waals surface area contributed by atoms with Crippen LogP contribution in [0.15, 0.2) is 55.0 Å². The van der Waals surface area contributed by atoms with Crippen LogP contribution < -0.4 is 0 Å². The number of para-hydroxylation sites is 1. The summed E-state index contributed by atoms with van der Waals surface area (Å²) in [5.74, 6) is 0. The SMILES string of the molecule is CCN1C=CN(CC)C1C=O.c1ccc2ncccc2c1. The van der Waals surface area contributed by atoms with Gasteiger partial charge in [0.05, 0.1) is 5.52 Å². The first-order valence-corrected chi connectivity index (χ1v) is 7.25. The predicted molar refractivity (Wildman–Crippen MR) is 85.5 cm³/mol. The number of aldehydes is 1. The normalized spacial score (nSPS) is 14.2. The number of likely N-dealkylation sites (N-methyl/N-ethyl adjacent to an activating group) is 2. The van der Waals surface area contributed by atoms with Crippen molar-refractivity contribution in [2.24, 2.45) is 0 Å². The summed E-state index contributed by atoms with van der Waals surface area (Å²) < 4.78 is 0. The van der Waals surface area contributed by atoms with Gasteiger partial charge in [-0.25, -0.2) is 0 Å². The molecule has 0 amide bonds. The van der Waals surface area contributed by atoms with Crippen molar-refractivity contribution in [3.05, 3.63) is 55.0 Å². The Hall–Kier alpha value is -2.36. The van der Waals surface area contributed by atoms with E-state index in [1.54, 1.807) is 0 Å². The van der Waals surface area contributed by atoms with Gasteiger partial charge >= 0.3 is 0 Å². The number of carbonyl (C=O) groups excluding carboxylic acids is 1. The largest absolute Gasteiger partial charge is 0.350 e. The highest BCUT2D eigenvalue weighted by Gasteiger charge is 2.22. The summed E-state index contributed by atoms with van der Waals surface area (Å²) in [6, 6.07) is 12.1. The Morgan fingerprint density at radius 3 is 2.24 bits per heavy atom. The third-order valence-electron chi connectivity index (χ3n) is 3.49. The van der Waals surface area contributed by atoms with Crippen LogP contribution >= 0.6 is 0 Å². The lowest BCUT2D eigenvalue weighted by Crippen LogP contribution is -2.39. The molecule has 2 aromatic rings. The van der Waals surface area contributed by atoms with Gasteiger partial charge in [0.25, 0.3) is 0 Å². The molecule has 0 atom stereocenters. The maximum absolute atomic E-state index is 10.6. The second kappa shape index (κ2) is 7.43. The summed E-state index contributed by atoms with van der Waals surface area (Å²) in [4.78, 5) is 18.8. The number of aromatic nitrogens is 1. The van der Waals surface area contributed by atoms with E-state index in [9.17, 15) is 4.79 Å². The average molecular weight is 283 g/mol. The zero-order chi connectivity index (χ0) is 15.1. The molecule has 1 aliphatic rings. The molecule has 110 valence electrons. The fourth-order valence-electron chi connectivity index (χ4n) is 2.30. The first-order chi connectivity index (χ1) is 10.3. The fourth-order valence-corrected chi connectivity index (χ4v) is 2.30. The van der Waals surface area contributed by atoms with Crippen LogP contribution in [0.3, 0.4) is 0 Å². The molecule has 0 N–H and O–H groups in total. The maximum Gasteiger partial charge on any atom is 0.162 e. The summed E-state index contributed by atoms with van der Waals surface area (Å²) in [5, 5.41) is 1.20. The van der Waals surface area contributed by atoms with Crippen molar-refractivity contribution in [3.63, 3.8) is 0 Å². The van der Waals surface area contributed by atoms with Crippen molar-refractivity contribution in [2.45, 2.75) is 20.0 Å². The Labute approximate surface area is 125 Å². The molecular formula is C17H21N3O. The van der Waals surface area contributed by atoms with Crippen molar-refractivity contribution in [3.8, 4) is 0 Å². The topological polar surface area (TPSA) is 36.4 Å². The lowest BCUT2D eigenvalue weighted by Gasteiger charge is -2.26. The molecule has 0 radical (unpaired) electrons. The molecule has 4 nitrogen and oxygen atoms in total. The van der Waals surface area contributed by atoms with Crippen LogP contribution in [0.1, 0.15) is 13.8 Å². The van der Waals surface area contributed by atoms with Crippen LogP contribution in [0.2, 0.25) is 0 Å². The number of pyridine rings is 1. The van der Waals surface area contributed by atoms with Gasteiger partial charge in [0.1, 0.15) is 0 Å². The molecule has 2 heterocycles. The summed E-state index contributed by atoms with van der Waals surface area (Å²) in [6.45, 7) is 5.85. The number of benzene rings is 1. The lowest BCUT2D eigenvalue weighted by molar-refractivity contribution is -0.114. The second-order valence-electron chi connectivity index (χ2n) is 4.70. The van der Waals surface area contributed by atoms with Crippen LogP contribution in [-0.2, 0) is 4.79 Å². The predicted octanol–water partition coefficient (Wildman–Crippen LogP) is 2.87. The Bertz CT molecular complexity index is 532. The van der Waals surface area contributed by atoms with Crippen LogP contribution in [0.4, 0.5) is 0 Å². The van der Waals surface area contributed by atoms with Gasteiger partial charge in [0, 0.05) is 37.1 Å². The summed E-state index contributed by atoms with van der Waals surface area (Å²) >= 11 is 0. The molecule has 0 bridgehead atoms. The quantitative estimate of drug-likeness (QED) is 0.812. The molecule has 0 saturated heterocycles. The molecule has 0 unspecified atom stereocenters. The highest BCUT2D eigenvalue weighted by atomic mass is 16.1. The number of nitrogens with zero attached hydrogens (tertiary/aromatic N) is 3. The van der Waals surface area contributed by atoms with Crippen LogP contribution in [0, 0.1) is 0 Å². The van der Waals surface area contributed by atoms with Crippen LogP contribution in [0.5, 0.6) is 0 Å². The zero-order valence-electron chi connectivity index (χ0n) is 12.5. The molecule has 0 saturated carbocycles. The molecule has 1 aliphatic heterocycles. The van der Waals surface area contributed by atoms with Gasteiger partial charge in [0.15, 0.2) is 12.5 Å². The molecule has 3 rings (SSSR count). The van der Waals surface area contributed by atoms with Gasteiger partial charge in [-0.15, -0.1) is 0 Å². The number of hydrogen-bond acceptors (Lipinski definition) is 4. The summed E-state index contributed by atoms with van der Waals surface area (Å²) in [5.41, 5.74) is 1.06. The van der Waals surface area contributed by atoms with E-state index in [1.165, 1.54) is 5.39 Å². The molecule has 1 aromatic carbocycles. The Morgan fingerprint density at radius 2 is 1.67 bits per heavy atom. The van der Waals surface area contributed by atoms with Crippen molar-refractivity contribution in [1.82, 2.24) is 14.8 Å². The van der Waals surface area contributed by atoms with Gasteiger partial charge in [-0.1, -0.05) is 24.3 Å². The number of rotatable bonds is 3. The van der Waals surface area contributed by atoms with E-state index in [0.717, 1.165) is 24.9 Å². The van der Waals surface area contributed by atoms with E-state index in [1.807, 2.05) is 66.5 Å². The molecule has 1 aromatic heterocycles. The van der Waals surface area contributed by atoms with Gasteiger partial charge < -0.3 is 9.80 Å². The summed E-state index contributed by atoms with van der Waals surface area (Å²) in [6.07, 6.45) is 6.64. The van der Waals surface area contributed by atoms with Crippen molar-refractivity contribution in [2.75, 3.05) is 13.1 Å². The lowest BCUT2D eigenvalue weighted by atomic mass is 10.2. The van der Waals surface area contributed by atoms with E-state index < -0.39 is 0 Å². The standard InChI is InChI=1S/C9H7N.C8H14N2O/c1-2-6-9-8(4-1)5-3-7-10-9;1-3-9-5-6-10(4-2)8(9)7-11/h1-7H;5-8H,3-4H2,1-2H3. The van der Waals surface area contributed by atoms with E-state index in [4.69, 9.17) is 0 Å². The van der Waals surface area contributed by atoms with Crippen molar-refractivity contribution in [1.29, 1.82) is 0 Å². The minimum absolute atomic E-state index is 0.0648. The molecule has 21 heavy (non-hydrogen) atoms.